The largest absolute Gasteiger partial charge is 0.448 e. The molecule has 0 spiro atoms. The first kappa shape index (κ1) is 19.0. The number of nitrogens with two attached hydrogens (primary N) is 1. The maximum absolute atomic E-state index is 12.5. The smallest absolute Gasteiger partial charge is 0.275 e. The summed E-state index contributed by atoms with van der Waals surface area (Å²) in [6.07, 6.45) is 1.75. The quantitative estimate of drug-likeness (QED) is 0.869. The van der Waals surface area contributed by atoms with Gasteiger partial charge in [0.15, 0.2) is 0 Å². The number of likely N-dealkylation sites (tertiary alicyclic amines) is 1. The molecule has 1 amide bonds. The molecule has 1 saturated heterocycles. The summed E-state index contributed by atoms with van der Waals surface area (Å²) in [5, 5.41) is -0.213. The van der Waals surface area contributed by atoms with E-state index in [9.17, 15) is 13.2 Å². The Morgan fingerprint density at radius 3 is 2.64 bits per heavy atom. The number of hydrogen-bond donors (Lipinski definition) is 1. The van der Waals surface area contributed by atoms with Crippen LogP contribution in [0, 0.1) is 6.92 Å². The molecule has 1 aromatic heterocycles. The van der Waals surface area contributed by atoms with E-state index in [2.05, 4.69) is 0 Å². The third-order valence-electron chi connectivity index (χ3n) is 3.61. The summed E-state index contributed by atoms with van der Waals surface area (Å²) in [7, 11) is -0.852. The fourth-order valence-corrected chi connectivity index (χ4v) is 3.20. The molecule has 1 atom stereocenters. The molecule has 1 unspecified atom stereocenters. The van der Waals surface area contributed by atoms with Gasteiger partial charge in [0.25, 0.3) is 15.9 Å². The van der Waals surface area contributed by atoms with Crippen LogP contribution in [0.2, 0.25) is 0 Å². The molecule has 0 radical (unpaired) electrons. The zero-order valence-electron chi connectivity index (χ0n) is 12.9. The lowest BCUT2D eigenvalue weighted by Crippen LogP contribution is -2.45. The molecular weight excluding hydrogens is 330 g/mol. The molecule has 0 aromatic carbocycles. The van der Waals surface area contributed by atoms with E-state index in [1.807, 2.05) is 0 Å². The normalized spacial score (nSPS) is 19.1. The predicted octanol–water partition coefficient (Wildman–Crippen LogP) is 0.823. The Labute approximate surface area is 136 Å². The van der Waals surface area contributed by atoms with Crippen molar-refractivity contribution in [2.24, 2.45) is 5.73 Å². The molecular formula is C13H22ClN3O4S. The lowest BCUT2D eigenvalue weighted by Gasteiger charge is -2.30. The Bertz CT molecular complexity index is 642. The third-order valence-corrected chi connectivity index (χ3v) is 5.28. The summed E-state index contributed by atoms with van der Waals surface area (Å²) in [6, 6.07) is 1.27. The number of carbonyl (C=O) groups excluding carboxylic acids is 1. The maximum Gasteiger partial charge on any atom is 0.275 e. The molecule has 1 aromatic rings. The number of piperidine rings is 1. The number of carbonyl (C=O) groups is 1. The topological polar surface area (TPSA) is 96.8 Å². The number of hydrogen-bond acceptors (Lipinski definition) is 5. The first-order valence-corrected chi connectivity index (χ1v) is 8.25. The molecule has 1 fully saturated rings. The third kappa shape index (κ3) is 3.62. The lowest BCUT2D eigenvalue weighted by molar-refractivity contribution is 0.0707. The van der Waals surface area contributed by atoms with Crippen molar-refractivity contribution >= 4 is 28.3 Å². The minimum Gasteiger partial charge on any atom is -0.448 e. The van der Waals surface area contributed by atoms with Crippen molar-refractivity contribution < 1.29 is 17.6 Å². The molecule has 2 heterocycles. The molecule has 9 heteroatoms. The second-order valence-corrected chi connectivity index (χ2v) is 7.56. The van der Waals surface area contributed by atoms with Gasteiger partial charge < -0.3 is 15.1 Å². The maximum atomic E-state index is 12.5. The monoisotopic (exact) mass is 351 g/mol. The Morgan fingerprint density at radius 1 is 1.45 bits per heavy atom. The van der Waals surface area contributed by atoms with Crippen LogP contribution in [0.15, 0.2) is 15.6 Å². The van der Waals surface area contributed by atoms with Crippen LogP contribution in [0.25, 0.3) is 0 Å². The molecule has 7 nitrogen and oxygen atoms in total. The lowest BCUT2D eigenvalue weighted by atomic mass is 10.1. The van der Waals surface area contributed by atoms with Crippen LogP contribution in [0.4, 0.5) is 0 Å². The average molecular weight is 352 g/mol. The summed E-state index contributed by atoms with van der Waals surface area (Å²) >= 11 is 0. The Morgan fingerprint density at radius 2 is 2.09 bits per heavy atom. The molecule has 1 aliphatic rings. The van der Waals surface area contributed by atoms with Crippen molar-refractivity contribution in [1.29, 1.82) is 0 Å². The van der Waals surface area contributed by atoms with E-state index in [0.717, 1.165) is 17.1 Å². The molecule has 2 N–H and O–H groups in total. The number of aryl methyl sites for hydroxylation is 1. The summed E-state index contributed by atoms with van der Waals surface area (Å²) < 4.78 is 30.4. The molecule has 1 aliphatic heterocycles. The number of halogens is 1. The highest BCUT2D eigenvalue weighted by molar-refractivity contribution is 7.88. The van der Waals surface area contributed by atoms with Crippen LogP contribution in [0.3, 0.4) is 0 Å². The molecule has 2 rings (SSSR count). The highest BCUT2D eigenvalue weighted by Gasteiger charge is 2.29. The zero-order valence-corrected chi connectivity index (χ0v) is 14.5. The van der Waals surface area contributed by atoms with Gasteiger partial charge in [-0.2, -0.15) is 0 Å². The van der Waals surface area contributed by atoms with E-state index in [0.29, 0.717) is 18.8 Å². The molecule has 126 valence electrons. The van der Waals surface area contributed by atoms with Gasteiger partial charge in [-0.25, -0.2) is 12.7 Å². The van der Waals surface area contributed by atoms with Gasteiger partial charge in [-0.1, -0.05) is 0 Å². The van der Waals surface area contributed by atoms with Gasteiger partial charge in [0, 0.05) is 39.3 Å². The first-order chi connectivity index (χ1) is 9.73. The Kier molecular flexibility index (Phi) is 6.03. The molecule has 0 bridgehead atoms. The predicted molar refractivity (Wildman–Crippen MR) is 84.7 cm³/mol. The number of amides is 1. The summed E-state index contributed by atoms with van der Waals surface area (Å²) in [5.74, 6) is 0.0752. The number of furan rings is 1. The van der Waals surface area contributed by atoms with Crippen molar-refractivity contribution in [2.75, 3.05) is 27.2 Å². The minimum atomic E-state index is -3.68. The minimum absolute atomic E-state index is 0. The van der Waals surface area contributed by atoms with E-state index in [1.54, 1.807) is 11.8 Å². The van der Waals surface area contributed by atoms with Crippen LogP contribution in [-0.4, -0.2) is 56.8 Å². The second-order valence-electron chi connectivity index (χ2n) is 5.48. The summed E-state index contributed by atoms with van der Waals surface area (Å²) in [4.78, 5) is 14.1. The van der Waals surface area contributed by atoms with E-state index in [-0.39, 0.29) is 35.0 Å². The van der Waals surface area contributed by atoms with Crippen LogP contribution in [0.5, 0.6) is 0 Å². The van der Waals surface area contributed by atoms with E-state index in [1.165, 1.54) is 20.2 Å². The zero-order chi connectivity index (χ0) is 15.8. The van der Waals surface area contributed by atoms with Gasteiger partial charge in [0.1, 0.15) is 5.76 Å². The van der Waals surface area contributed by atoms with Gasteiger partial charge >= 0.3 is 0 Å². The van der Waals surface area contributed by atoms with Crippen molar-refractivity contribution in [2.45, 2.75) is 30.9 Å². The van der Waals surface area contributed by atoms with Gasteiger partial charge in [-0.3, -0.25) is 4.79 Å². The molecule has 22 heavy (non-hydrogen) atoms. The fraction of sp³-hybridized carbons (Fsp3) is 0.615. The Hall–Kier alpha value is -1.09. The van der Waals surface area contributed by atoms with Crippen LogP contribution in [0.1, 0.15) is 29.0 Å². The second kappa shape index (κ2) is 6.99. The van der Waals surface area contributed by atoms with Gasteiger partial charge in [-0.15, -0.1) is 12.4 Å². The van der Waals surface area contributed by atoms with E-state index >= 15 is 0 Å². The van der Waals surface area contributed by atoms with Gasteiger partial charge in [-0.05, 0) is 19.8 Å². The van der Waals surface area contributed by atoms with Crippen molar-refractivity contribution in [3.63, 3.8) is 0 Å². The van der Waals surface area contributed by atoms with Gasteiger partial charge in [0.2, 0.25) is 5.09 Å². The van der Waals surface area contributed by atoms with Crippen LogP contribution >= 0.6 is 12.4 Å². The van der Waals surface area contributed by atoms with Crippen LogP contribution < -0.4 is 5.73 Å². The Balaban J connectivity index is 0.00000242. The van der Waals surface area contributed by atoms with Crippen molar-refractivity contribution in [1.82, 2.24) is 9.21 Å². The highest BCUT2D eigenvalue weighted by Crippen LogP contribution is 2.23. The van der Waals surface area contributed by atoms with E-state index < -0.39 is 10.0 Å². The average Bonchev–Trinajstić information content (AvgIpc) is 2.80. The molecule has 0 aliphatic carbocycles. The molecule has 0 saturated carbocycles. The van der Waals surface area contributed by atoms with Crippen molar-refractivity contribution in [3.8, 4) is 0 Å². The highest BCUT2D eigenvalue weighted by atomic mass is 35.5. The summed E-state index contributed by atoms with van der Waals surface area (Å²) in [6.45, 7) is 2.71. The first-order valence-electron chi connectivity index (χ1n) is 6.81. The van der Waals surface area contributed by atoms with E-state index in [4.69, 9.17) is 10.2 Å². The number of nitrogens with zero attached hydrogens (tertiary/aromatic N) is 2. The van der Waals surface area contributed by atoms with Gasteiger partial charge in [0.05, 0.1) is 5.56 Å². The standard InChI is InChI=1S/C13H21N3O4S.ClH/c1-9-11(7-12(20-9)21(18,19)15(2)3)13(17)16-6-4-5-10(14)8-16;/h7,10H,4-6,8,14H2,1-3H3;1H. The summed E-state index contributed by atoms with van der Waals surface area (Å²) in [5.41, 5.74) is 6.16. The van der Waals surface area contributed by atoms with Crippen LogP contribution in [-0.2, 0) is 10.0 Å². The number of sulfonamides is 1. The number of rotatable bonds is 3. The SMILES string of the molecule is Cc1oc(S(=O)(=O)N(C)C)cc1C(=O)N1CCCC(N)C1.Cl. The fourth-order valence-electron chi connectivity index (χ4n) is 2.34. The van der Waals surface area contributed by atoms with Crippen molar-refractivity contribution in [3.05, 3.63) is 17.4 Å².